The minimum atomic E-state index is -0.549. The van der Waals surface area contributed by atoms with Gasteiger partial charge in [0.1, 0.15) is 29.1 Å². The molecule has 1 aromatic carbocycles. The maximum atomic E-state index is 13.1. The summed E-state index contributed by atoms with van der Waals surface area (Å²) in [5, 5.41) is 16.8. The predicted octanol–water partition coefficient (Wildman–Crippen LogP) is 3.04. The first-order valence-corrected chi connectivity index (χ1v) is 7.98. The second-order valence-corrected chi connectivity index (χ2v) is 5.58. The lowest BCUT2D eigenvalue weighted by atomic mass is 10.1. The maximum Gasteiger partial charge on any atom is 0.214 e. The van der Waals surface area contributed by atoms with Crippen LogP contribution in [0.5, 0.6) is 0 Å². The highest BCUT2D eigenvalue weighted by atomic mass is 19.1. The molecule has 0 saturated heterocycles. The number of hydrogen-bond acceptors (Lipinski definition) is 5. The normalized spacial score (nSPS) is 10.5. The summed E-state index contributed by atoms with van der Waals surface area (Å²) in [6, 6.07) is 12.3. The summed E-state index contributed by atoms with van der Waals surface area (Å²) in [6.45, 7) is 0.532. The van der Waals surface area contributed by atoms with Crippen LogP contribution in [0.15, 0.2) is 42.5 Å². The number of nitrogen functional groups attached to an aromatic ring is 1. The minimum Gasteiger partial charge on any atom is -0.382 e. The van der Waals surface area contributed by atoms with Gasteiger partial charge in [0, 0.05) is 6.54 Å². The van der Waals surface area contributed by atoms with E-state index < -0.39 is 5.95 Å². The molecule has 3 rings (SSSR count). The third-order valence-corrected chi connectivity index (χ3v) is 3.79. The van der Waals surface area contributed by atoms with Crippen molar-refractivity contribution in [3.63, 3.8) is 0 Å². The van der Waals surface area contributed by atoms with Gasteiger partial charge in [-0.3, -0.25) is 0 Å². The lowest BCUT2D eigenvalue weighted by Crippen LogP contribution is -2.06. The van der Waals surface area contributed by atoms with Gasteiger partial charge in [0.2, 0.25) is 5.95 Å². The standard InChI is InChI=1S/C18H16F2N6/c19-12-6-8-13(9-7-12)26-18(22)14(11-21)15(25-26)3-2-10-23-17-5-1-4-16(20)24-17/h1,4-9H,2-3,10,22H2,(H,23,24). The summed E-state index contributed by atoms with van der Waals surface area (Å²) < 4.78 is 27.5. The number of nitrogens with zero attached hydrogens (tertiary/aromatic N) is 4. The molecule has 3 N–H and O–H groups in total. The lowest BCUT2D eigenvalue weighted by molar-refractivity contribution is 0.585. The highest BCUT2D eigenvalue weighted by Gasteiger charge is 2.16. The summed E-state index contributed by atoms with van der Waals surface area (Å²) in [4.78, 5) is 3.72. The van der Waals surface area contributed by atoms with Crippen LogP contribution in [-0.2, 0) is 6.42 Å². The van der Waals surface area contributed by atoms with Crippen molar-refractivity contribution in [1.82, 2.24) is 14.8 Å². The zero-order valence-electron chi connectivity index (χ0n) is 13.8. The van der Waals surface area contributed by atoms with Crippen LogP contribution in [-0.4, -0.2) is 21.3 Å². The van der Waals surface area contributed by atoms with Crippen molar-refractivity contribution in [2.75, 3.05) is 17.6 Å². The molecule has 0 unspecified atom stereocenters. The van der Waals surface area contributed by atoms with Crippen LogP contribution in [0, 0.1) is 23.1 Å². The molecular weight excluding hydrogens is 338 g/mol. The number of aromatic nitrogens is 3. The van der Waals surface area contributed by atoms with Gasteiger partial charge in [-0.15, -0.1) is 0 Å². The molecule has 3 aromatic rings. The van der Waals surface area contributed by atoms with E-state index in [0.717, 1.165) is 0 Å². The van der Waals surface area contributed by atoms with Crippen LogP contribution in [0.1, 0.15) is 17.7 Å². The predicted molar refractivity (Wildman–Crippen MR) is 93.7 cm³/mol. The van der Waals surface area contributed by atoms with Crippen molar-refractivity contribution in [2.24, 2.45) is 0 Å². The topological polar surface area (TPSA) is 92.5 Å². The van der Waals surface area contributed by atoms with Crippen LogP contribution in [0.3, 0.4) is 0 Å². The van der Waals surface area contributed by atoms with Gasteiger partial charge in [0.25, 0.3) is 0 Å². The number of pyridine rings is 1. The smallest absolute Gasteiger partial charge is 0.214 e. The Bertz CT molecular complexity index is 943. The van der Waals surface area contributed by atoms with Crippen molar-refractivity contribution in [2.45, 2.75) is 12.8 Å². The summed E-state index contributed by atoms with van der Waals surface area (Å²) >= 11 is 0. The number of nitriles is 1. The third kappa shape index (κ3) is 3.78. The molecule has 0 fully saturated rings. The van der Waals surface area contributed by atoms with Crippen molar-refractivity contribution in [1.29, 1.82) is 5.26 Å². The molecule has 0 saturated carbocycles. The van der Waals surface area contributed by atoms with Gasteiger partial charge in [-0.05, 0) is 49.2 Å². The van der Waals surface area contributed by atoms with E-state index in [1.807, 2.05) is 0 Å². The molecule has 8 heteroatoms. The second kappa shape index (κ2) is 7.61. The van der Waals surface area contributed by atoms with Crippen molar-refractivity contribution in [3.05, 3.63) is 65.5 Å². The summed E-state index contributed by atoms with van der Waals surface area (Å²) in [5.74, 6) is -0.249. The quantitative estimate of drug-likeness (QED) is 0.524. The Balaban J connectivity index is 1.69. The van der Waals surface area contributed by atoms with Crippen LogP contribution in [0.25, 0.3) is 5.69 Å². The summed E-state index contributed by atoms with van der Waals surface area (Å²) in [7, 11) is 0. The molecule has 132 valence electrons. The maximum absolute atomic E-state index is 13.1. The molecule has 0 spiro atoms. The summed E-state index contributed by atoms with van der Waals surface area (Å²) in [6.07, 6.45) is 1.15. The second-order valence-electron chi connectivity index (χ2n) is 5.58. The Morgan fingerprint density at radius 3 is 2.62 bits per heavy atom. The van der Waals surface area contributed by atoms with Gasteiger partial charge in [-0.1, -0.05) is 6.07 Å². The van der Waals surface area contributed by atoms with E-state index in [1.54, 1.807) is 24.3 Å². The van der Waals surface area contributed by atoms with Crippen molar-refractivity contribution < 1.29 is 8.78 Å². The Kier molecular flexibility index (Phi) is 5.08. The third-order valence-electron chi connectivity index (χ3n) is 3.79. The highest BCUT2D eigenvalue weighted by Crippen LogP contribution is 2.21. The first kappa shape index (κ1) is 17.4. The number of halogens is 2. The molecule has 0 amide bonds. The number of rotatable bonds is 6. The SMILES string of the molecule is N#Cc1c(CCCNc2cccc(F)n2)nn(-c2ccc(F)cc2)c1N. The Morgan fingerprint density at radius 2 is 1.92 bits per heavy atom. The van der Waals surface area contributed by atoms with E-state index in [4.69, 9.17) is 5.73 Å². The largest absolute Gasteiger partial charge is 0.382 e. The molecule has 0 radical (unpaired) electrons. The number of anilines is 2. The average Bonchev–Trinajstić information content (AvgIpc) is 2.95. The fourth-order valence-electron chi connectivity index (χ4n) is 2.53. The Morgan fingerprint density at radius 1 is 1.15 bits per heavy atom. The Labute approximate surface area is 148 Å². The molecule has 6 nitrogen and oxygen atoms in total. The zero-order valence-corrected chi connectivity index (χ0v) is 13.8. The molecule has 0 aliphatic rings. The minimum absolute atomic E-state index is 0.217. The molecule has 0 bridgehead atoms. The Hall–Kier alpha value is -3.47. The molecule has 26 heavy (non-hydrogen) atoms. The van der Waals surface area contributed by atoms with Gasteiger partial charge in [0.15, 0.2) is 0 Å². The fourth-order valence-corrected chi connectivity index (χ4v) is 2.53. The van der Waals surface area contributed by atoms with Gasteiger partial charge in [-0.2, -0.15) is 14.8 Å². The van der Waals surface area contributed by atoms with Crippen LogP contribution >= 0.6 is 0 Å². The van der Waals surface area contributed by atoms with E-state index in [9.17, 15) is 14.0 Å². The van der Waals surface area contributed by atoms with Crippen LogP contribution in [0.2, 0.25) is 0 Å². The number of nitrogens with two attached hydrogens (primary N) is 1. The van der Waals surface area contributed by atoms with E-state index in [-0.39, 0.29) is 11.6 Å². The molecule has 0 atom stereocenters. The molecule has 0 aliphatic carbocycles. The van der Waals surface area contributed by atoms with E-state index in [2.05, 4.69) is 21.5 Å². The average molecular weight is 354 g/mol. The van der Waals surface area contributed by atoms with Gasteiger partial charge in [0.05, 0.1) is 11.4 Å². The van der Waals surface area contributed by atoms with Crippen molar-refractivity contribution >= 4 is 11.6 Å². The number of nitrogens with one attached hydrogen (secondary N) is 1. The fraction of sp³-hybridized carbons (Fsp3) is 0.167. The van der Waals surface area contributed by atoms with Gasteiger partial charge < -0.3 is 11.1 Å². The molecule has 2 heterocycles. The number of aryl methyl sites for hydroxylation is 1. The first-order chi connectivity index (χ1) is 12.6. The van der Waals surface area contributed by atoms with Gasteiger partial charge >= 0.3 is 0 Å². The van der Waals surface area contributed by atoms with Gasteiger partial charge in [-0.25, -0.2) is 14.1 Å². The molecular formula is C18H16F2N6. The number of hydrogen-bond donors (Lipinski definition) is 2. The lowest BCUT2D eigenvalue weighted by Gasteiger charge is -2.04. The van der Waals surface area contributed by atoms with E-state index in [0.29, 0.717) is 42.1 Å². The van der Waals surface area contributed by atoms with Crippen molar-refractivity contribution in [3.8, 4) is 11.8 Å². The van der Waals surface area contributed by atoms with E-state index >= 15 is 0 Å². The first-order valence-electron chi connectivity index (χ1n) is 7.98. The summed E-state index contributed by atoms with van der Waals surface area (Å²) in [5.41, 5.74) is 7.45. The zero-order chi connectivity index (χ0) is 18.5. The van der Waals surface area contributed by atoms with Crippen LogP contribution in [0.4, 0.5) is 20.4 Å². The van der Waals surface area contributed by atoms with Crippen LogP contribution < -0.4 is 11.1 Å². The molecule has 2 aromatic heterocycles. The monoisotopic (exact) mass is 354 g/mol. The van der Waals surface area contributed by atoms with E-state index in [1.165, 1.54) is 22.9 Å². The number of benzene rings is 1. The highest BCUT2D eigenvalue weighted by molar-refractivity contribution is 5.56. The molecule has 0 aliphatic heterocycles.